The molecule has 0 spiro atoms. The predicted molar refractivity (Wildman–Crippen MR) is 111 cm³/mol. The van der Waals surface area contributed by atoms with Gasteiger partial charge in [0.15, 0.2) is 5.06 Å². The number of nitrogens with one attached hydrogen (secondary N) is 1. The minimum absolute atomic E-state index is 0.0862. The van der Waals surface area contributed by atoms with Crippen molar-refractivity contribution in [3.8, 4) is 5.06 Å². The molecule has 1 aromatic heterocycles. The zero-order valence-corrected chi connectivity index (χ0v) is 16.4. The Labute approximate surface area is 166 Å². The lowest BCUT2D eigenvalue weighted by molar-refractivity contribution is 0.0953. The standard InChI is InChI=1S/C21H18N2O2S2/c1-2-11-22-21(25)13-7-8-17-15(12-13)23-20(18-9-10-19(24)27-18)14-5-3-4-6-16(14)26-17/h3-10,12,24H,2,11H2,1H3,(H,22,25). The zero-order chi connectivity index (χ0) is 18.8. The van der Waals surface area contributed by atoms with E-state index in [1.165, 1.54) is 11.3 Å². The zero-order valence-electron chi connectivity index (χ0n) is 14.7. The number of carbonyl (C=O) groups is 1. The Morgan fingerprint density at radius 2 is 1.96 bits per heavy atom. The summed E-state index contributed by atoms with van der Waals surface area (Å²) < 4.78 is 0. The molecule has 0 saturated heterocycles. The summed E-state index contributed by atoms with van der Waals surface area (Å²) in [5.74, 6) is -0.0862. The third-order valence-electron chi connectivity index (χ3n) is 4.18. The van der Waals surface area contributed by atoms with Gasteiger partial charge in [-0.3, -0.25) is 4.79 Å². The summed E-state index contributed by atoms with van der Waals surface area (Å²) in [6.07, 6.45) is 0.895. The summed E-state index contributed by atoms with van der Waals surface area (Å²) in [5, 5.41) is 13.0. The van der Waals surface area contributed by atoms with Crippen LogP contribution in [-0.2, 0) is 0 Å². The van der Waals surface area contributed by atoms with Crippen molar-refractivity contribution >= 4 is 40.4 Å². The van der Waals surface area contributed by atoms with Crippen LogP contribution in [0.15, 0.2) is 69.4 Å². The van der Waals surface area contributed by atoms with Crippen LogP contribution in [0.2, 0.25) is 0 Å². The van der Waals surface area contributed by atoms with Crippen LogP contribution < -0.4 is 5.32 Å². The Balaban J connectivity index is 1.83. The molecule has 27 heavy (non-hydrogen) atoms. The van der Waals surface area contributed by atoms with Crippen molar-refractivity contribution in [1.82, 2.24) is 5.32 Å². The topological polar surface area (TPSA) is 61.7 Å². The molecule has 0 fully saturated rings. The van der Waals surface area contributed by atoms with E-state index in [4.69, 9.17) is 4.99 Å². The number of benzene rings is 2. The minimum atomic E-state index is -0.0862. The maximum Gasteiger partial charge on any atom is 0.251 e. The second-order valence-electron chi connectivity index (χ2n) is 6.13. The van der Waals surface area contributed by atoms with Gasteiger partial charge in [-0.1, -0.05) is 48.2 Å². The van der Waals surface area contributed by atoms with E-state index in [2.05, 4.69) is 11.4 Å². The number of aromatic hydroxyl groups is 1. The van der Waals surface area contributed by atoms with Crippen molar-refractivity contribution < 1.29 is 9.90 Å². The third-order valence-corrected chi connectivity index (χ3v) is 6.21. The molecule has 0 bridgehead atoms. The fraction of sp³-hybridized carbons (Fsp3) is 0.143. The molecule has 2 heterocycles. The van der Waals surface area contributed by atoms with Crippen LogP contribution >= 0.6 is 23.1 Å². The van der Waals surface area contributed by atoms with Crippen molar-refractivity contribution in [3.63, 3.8) is 0 Å². The first-order valence-electron chi connectivity index (χ1n) is 8.73. The van der Waals surface area contributed by atoms with Gasteiger partial charge < -0.3 is 10.4 Å². The number of rotatable bonds is 4. The van der Waals surface area contributed by atoms with E-state index in [0.717, 1.165) is 38.1 Å². The summed E-state index contributed by atoms with van der Waals surface area (Å²) in [7, 11) is 0. The summed E-state index contributed by atoms with van der Waals surface area (Å²) in [6, 6.07) is 17.3. The number of hydrogen-bond donors (Lipinski definition) is 2. The van der Waals surface area contributed by atoms with E-state index in [1.807, 2.05) is 49.4 Å². The van der Waals surface area contributed by atoms with Gasteiger partial charge in [-0.15, -0.1) is 0 Å². The molecule has 1 aliphatic rings. The van der Waals surface area contributed by atoms with Crippen molar-refractivity contribution in [2.24, 2.45) is 4.99 Å². The first-order chi connectivity index (χ1) is 13.2. The molecule has 0 unspecified atom stereocenters. The molecule has 0 aliphatic carbocycles. The monoisotopic (exact) mass is 394 g/mol. The van der Waals surface area contributed by atoms with Crippen molar-refractivity contribution in [3.05, 3.63) is 70.6 Å². The Bertz CT molecular complexity index is 1040. The Morgan fingerprint density at radius 3 is 2.74 bits per heavy atom. The van der Waals surface area contributed by atoms with Crippen LogP contribution in [0.5, 0.6) is 5.06 Å². The molecular weight excluding hydrogens is 376 g/mol. The number of aliphatic imine (C=N–C) groups is 1. The van der Waals surface area contributed by atoms with Crippen molar-refractivity contribution in [1.29, 1.82) is 0 Å². The van der Waals surface area contributed by atoms with Gasteiger partial charge in [0.1, 0.15) is 0 Å². The Morgan fingerprint density at radius 1 is 1.11 bits per heavy atom. The minimum Gasteiger partial charge on any atom is -0.499 e. The molecule has 2 N–H and O–H groups in total. The van der Waals surface area contributed by atoms with Crippen LogP contribution in [0.3, 0.4) is 0 Å². The molecule has 0 atom stereocenters. The predicted octanol–water partition coefficient (Wildman–Crippen LogP) is 5.23. The SMILES string of the molecule is CCCNC(=O)c1ccc2c(c1)N=C(c1ccc(O)s1)c1ccccc1S2. The van der Waals surface area contributed by atoms with Crippen LogP contribution in [0, 0.1) is 0 Å². The van der Waals surface area contributed by atoms with E-state index >= 15 is 0 Å². The number of amides is 1. The smallest absolute Gasteiger partial charge is 0.251 e. The molecule has 1 amide bonds. The van der Waals surface area contributed by atoms with E-state index in [1.54, 1.807) is 17.8 Å². The van der Waals surface area contributed by atoms with Gasteiger partial charge in [-0.2, -0.15) is 0 Å². The van der Waals surface area contributed by atoms with Gasteiger partial charge in [0.05, 0.1) is 16.3 Å². The lowest BCUT2D eigenvalue weighted by Crippen LogP contribution is -2.23. The van der Waals surface area contributed by atoms with Gasteiger partial charge in [-0.05, 0) is 42.8 Å². The highest BCUT2D eigenvalue weighted by Crippen LogP contribution is 2.42. The molecule has 3 aromatic rings. The quantitative estimate of drug-likeness (QED) is 0.498. The summed E-state index contributed by atoms with van der Waals surface area (Å²) in [4.78, 5) is 20.3. The van der Waals surface area contributed by atoms with Crippen molar-refractivity contribution in [2.45, 2.75) is 23.1 Å². The maximum atomic E-state index is 12.4. The van der Waals surface area contributed by atoms with E-state index < -0.39 is 0 Å². The molecule has 2 aromatic carbocycles. The highest BCUT2D eigenvalue weighted by Gasteiger charge is 2.20. The van der Waals surface area contributed by atoms with Gasteiger partial charge >= 0.3 is 0 Å². The van der Waals surface area contributed by atoms with Crippen LogP contribution in [0.4, 0.5) is 5.69 Å². The lowest BCUT2D eigenvalue weighted by Gasteiger charge is -2.07. The Kier molecular flexibility index (Phi) is 5.01. The Hall–Kier alpha value is -2.57. The molecule has 1 aliphatic heterocycles. The van der Waals surface area contributed by atoms with Gasteiger partial charge in [-0.25, -0.2) is 4.99 Å². The summed E-state index contributed by atoms with van der Waals surface area (Å²) >= 11 is 2.94. The van der Waals surface area contributed by atoms with Crippen LogP contribution in [0.25, 0.3) is 0 Å². The fourth-order valence-corrected chi connectivity index (χ4v) is 4.62. The molecule has 6 heteroatoms. The third kappa shape index (κ3) is 3.63. The average molecular weight is 395 g/mol. The van der Waals surface area contributed by atoms with E-state index in [-0.39, 0.29) is 11.0 Å². The van der Waals surface area contributed by atoms with Gasteiger partial charge in [0.25, 0.3) is 5.91 Å². The van der Waals surface area contributed by atoms with Crippen molar-refractivity contribution in [2.75, 3.05) is 6.54 Å². The molecule has 136 valence electrons. The fourth-order valence-electron chi connectivity index (χ4n) is 2.87. The number of fused-ring (bicyclic) bond motifs is 2. The molecular formula is C21H18N2O2S2. The van der Waals surface area contributed by atoms with Gasteiger partial charge in [0.2, 0.25) is 0 Å². The first kappa shape index (κ1) is 17.8. The second-order valence-corrected chi connectivity index (χ2v) is 8.28. The normalized spacial score (nSPS) is 12.6. The number of nitrogens with zero attached hydrogens (tertiary/aromatic N) is 1. The number of carbonyl (C=O) groups excluding carboxylic acids is 1. The largest absolute Gasteiger partial charge is 0.499 e. The molecule has 0 radical (unpaired) electrons. The van der Waals surface area contributed by atoms with Crippen LogP contribution in [0.1, 0.15) is 34.1 Å². The average Bonchev–Trinajstić information content (AvgIpc) is 3.04. The summed E-state index contributed by atoms with van der Waals surface area (Å²) in [5.41, 5.74) is 3.21. The lowest BCUT2D eigenvalue weighted by atomic mass is 10.1. The number of thiophene rings is 1. The molecule has 0 saturated carbocycles. The van der Waals surface area contributed by atoms with Gasteiger partial charge in [0, 0.05) is 27.5 Å². The first-order valence-corrected chi connectivity index (χ1v) is 10.4. The molecule has 4 nitrogen and oxygen atoms in total. The molecule has 4 rings (SSSR count). The summed E-state index contributed by atoms with van der Waals surface area (Å²) in [6.45, 7) is 2.68. The highest BCUT2D eigenvalue weighted by molar-refractivity contribution is 7.99. The van der Waals surface area contributed by atoms with E-state index in [9.17, 15) is 9.90 Å². The highest BCUT2D eigenvalue weighted by atomic mass is 32.2. The maximum absolute atomic E-state index is 12.4. The van der Waals surface area contributed by atoms with Crippen LogP contribution in [-0.4, -0.2) is 23.3 Å². The second kappa shape index (κ2) is 7.58. The van der Waals surface area contributed by atoms with E-state index in [0.29, 0.717) is 12.1 Å². The number of hydrogen-bond acceptors (Lipinski definition) is 5.